The number of Topliss-reactive ketones (excluding diaryl/α,β-unsaturated/α-hetero) is 1. The monoisotopic (exact) mass is 167 g/mol. The van der Waals surface area contributed by atoms with Gasteiger partial charge in [0, 0.05) is 25.3 Å². The van der Waals surface area contributed by atoms with Crippen LogP contribution in [0.5, 0.6) is 0 Å². The highest BCUT2D eigenvalue weighted by atomic mass is 16.2. The fourth-order valence-electron chi connectivity index (χ4n) is 2.58. The lowest BCUT2D eigenvalue weighted by Gasteiger charge is -2.18. The lowest BCUT2D eigenvalue weighted by atomic mass is 9.87. The van der Waals surface area contributed by atoms with Crippen LogP contribution in [0.4, 0.5) is 0 Å². The molecule has 2 bridgehead atoms. The fourth-order valence-corrected chi connectivity index (χ4v) is 2.58. The predicted octanol–water partition coefficient (Wildman–Crippen LogP) is 0.348. The molecular weight excluding hydrogens is 154 g/mol. The molecule has 2 rings (SSSR count). The Balaban J connectivity index is 2.12. The molecule has 0 aromatic rings. The molecule has 2 aliphatic rings. The summed E-state index contributed by atoms with van der Waals surface area (Å²) in [5.74, 6) is 0.899. The summed E-state index contributed by atoms with van der Waals surface area (Å²) < 4.78 is 0. The minimum Gasteiger partial charge on any atom is -0.359 e. The number of carbonyl (C=O) groups excluding carboxylic acids is 2. The number of nitrogens with one attached hydrogen (secondary N) is 1. The van der Waals surface area contributed by atoms with Crippen LogP contribution in [0.15, 0.2) is 0 Å². The van der Waals surface area contributed by atoms with E-state index in [-0.39, 0.29) is 17.7 Å². The molecule has 66 valence electrons. The average molecular weight is 167 g/mol. The van der Waals surface area contributed by atoms with Crippen LogP contribution >= 0.6 is 0 Å². The van der Waals surface area contributed by atoms with Crippen molar-refractivity contribution in [1.82, 2.24) is 5.32 Å². The number of hydrogen-bond donors (Lipinski definition) is 1. The van der Waals surface area contributed by atoms with Crippen LogP contribution in [0.3, 0.4) is 0 Å². The van der Waals surface area contributed by atoms with E-state index in [0.29, 0.717) is 11.7 Å². The SMILES string of the molecule is CNC(=O)[C@@H]1C[C@H]2CC(=O)[C@@H]1C2. The Morgan fingerprint density at radius 2 is 2.25 bits per heavy atom. The zero-order valence-electron chi connectivity index (χ0n) is 7.17. The molecule has 2 saturated carbocycles. The van der Waals surface area contributed by atoms with Gasteiger partial charge in [-0.05, 0) is 18.8 Å². The van der Waals surface area contributed by atoms with Crippen LogP contribution in [0.25, 0.3) is 0 Å². The van der Waals surface area contributed by atoms with Crippen molar-refractivity contribution in [2.24, 2.45) is 17.8 Å². The molecule has 2 aliphatic carbocycles. The van der Waals surface area contributed by atoms with Gasteiger partial charge in [-0.3, -0.25) is 9.59 Å². The molecule has 0 unspecified atom stereocenters. The summed E-state index contributed by atoms with van der Waals surface area (Å²) in [4.78, 5) is 22.6. The molecule has 12 heavy (non-hydrogen) atoms. The van der Waals surface area contributed by atoms with Crippen LogP contribution in [0.2, 0.25) is 0 Å². The molecule has 0 aliphatic heterocycles. The summed E-state index contributed by atoms with van der Waals surface area (Å²) in [6.07, 6.45) is 2.60. The van der Waals surface area contributed by atoms with Crippen LogP contribution in [-0.4, -0.2) is 18.7 Å². The van der Waals surface area contributed by atoms with Crippen molar-refractivity contribution in [2.45, 2.75) is 19.3 Å². The summed E-state index contributed by atoms with van der Waals surface area (Å²) in [5.41, 5.74) is 0. The zero-order valence-corrected chi connectivity index (χ0v) is 7.17. The quantitative estimate of drug-likeness (QED) is 0.612. The van der Waals surface area contributed by atoms with Gasteiger partial charge in [0.25, 0.3) is 0 Å². The van der Waals surface area contributed by atoms with Gasteiger partial charge in [-0.1, -0.05) is 0 Å². The van der Waals surface area contributed by atoms with Gasteiger partial charge in [0.15, 0.2) is 0 Å². The van der Waals surface area contributed by atoms with Gasteiger partial charge >= 0.3 is 0 Å². The van der Waals surface area contributed by atoms with Crippen molar-refractivity contribution in [2.75, 3.05) is 7.05 Å². The van der Waals surface area contributed by atoms with Gasteiger partial charge in [-0.25, -0.2) is 0 Å². The van der Waals surface area contributed by atoms with Crippen molar-refractivity contribution >= 4 is 11.7 Å². The first-order chi connectivity index (χ1) is 5.72. The molecule has 1 N–H and O–H groups in total. The van der Waals surface area contributed by atoms with E-state index in [1.807, 2.05) is 0 Å². The summed E-state index contributed by atoms with van der Waals surface area (Å²) in [6.45, 7) is 0. The molecule has 1 amide bonds. The van der Waals surface area contributed by atoms with Gasteiger partial charge in [0.05, 0.1) is 0 Å². The highest BCUT2D eigenvalue weighted by molar-refractivity contribution is 5.91. The van der Waals surface area contributed by atoms with E-state index < -0.39 is 0 Å². The lowest BCUT2D eigenvalue weighted by Crippen LogP contribution is -2.34. The van der Waals surface area contributed by atoms with Crippen molar-refractivity contribution in [3.63, 3.8) is 0 Å². The van der Waals surface area contributed by atoms with Gasteiger partial charge in [-0.15, -0.1) is 0 Å². The third-order valence-corrected chi connectivity index (χ3v) is 3.15. The third kappa shape index (κ3) is 0.958. The number of rotatable bonds is 1. The molecule has 3 nitrogen and oxygen atoms in total. The number of ketones is 1. The first kappa shape index (κ1) is 7.77. The molecule has 2 fully saturated rings. The van der Waals surface area contributed by atoms with E-state index in [4.69, 9.17) is 0 Å². The minimum atomic E-state index is -0.0127. The maximum atomic E-state index is 11.3. The van der Waals surface area contributed by atoms with Gasteiger partial charge in [-0.2, -0.15) is 0 Å². The summed E-state index contributed by atoms with van der Waals surface area (Å²) in [7, 11) is 1.64. The minimum absolute atomic E-state index is 0.0127. The van der Waals surface area contributed by atoms with E-state index in [1.165, 1.54) is 0 Å². The highest BCUT2D eigenvalue weighted by Crippen LogP contribution is 2.46. The van der Waals surface area contributed by atoms with Gasteiger partial charge in [0.1, 0.15) is 5.78 Å². The molecule has 0 heterocycles. The Morgan fingerprint density at radius 3 is 2.75 bits per heavy atom. The van der Waals surface area contributed by atoms with E-state index in [0.717, 1.165) is 19.3 Å². The summed E-state index contributed by atoms with van der Waals surface area (Å²) in [6, 6.07) is 0. The lowest BCUT2D eigenvalue weighted by molar-refractivity contribution is -0.132. The van der Waals surface area contributed by atoms with Crippen molar-refractivity contribution < 1.29 is 9.59 Å². The normalized spacial score (nSPS) is 38.8. The third-order valence-electron chi connectivity index (χ3n) is 3.15. The maximum absolute atomic E-state index is 11.3. The Bertz CT molecular complexity index is 237. The van der Waals surface area contributed by atoms with Crippen molar-refractivity contribution in [3.05, 3.63) is 0 Å². The largest absolute Gasteiger partial charge is 0.359 e. The Kier molecular flexibility index (Phi) is 1.67. The van der Waals surface area contributed by atoms with Crippen LogP contribution < -0.4 is 5.32 Å². The number of amides is 1. The van der Waals surface area contributed by atoms with E-state index in [1.54, 1.807) is 7.05 Å². The predicted molar refractivity (Wildman–Crippen MR) is 43.4 cm³/mol. The molecule has 0 spiro atoms. The number of fused-ring (bicyclic) bond motifs is 2. The smallest absolute Gasteiger partial charge is 0.223 e. The first-order valence-corrected chi connectivity index (χ1v) is 4.46. The Morgan fingerprint density at radius 1 is 1.50 bits per heavy atom. The topological polar surface area (TPSA) is 46.2 Å². The summed E-state index contributed by atoms with van der Waals surface area (Å²) >= 11 is 0. The molecule has 0 saturated heterocycles. The highest BCUT2D eigenvalue weighted by Gasteiger charge is 2.48. The molecular formula is C9H13NO2. The standard InChI is InChI=1S/C9H13NO2/c1-10-9(12)7-3-5-2-6(7)8(11)4-5/h5-7H,2-4H2,1H3,(H,10,12)/t5-,6+,7+/m0/s1. The maximum Gasteiger partial charge on any atom is 0.223 e. The van der Waals surface area contributed by atoms with E-state index in [9.17, 15) is 9.59 Å². The second-order valence-corrected chi connectivity index (χ2v) is 3.84. The van der Waals surface area contributed by atoms with Crippen molar-refractivity contribution in [3.8, 4) is 0 Å². The second kappa shape index (κ2) is 2.57. The average Bonchev–Trinajstić information content (AvgIpc) is 2.60. The van der Waals surface area contributed by atoms with E-state index in [2.05, 4.69) is 5.32 Å². The molecule has 3 atom stereocenters. The molecule has 3 heteroatoms. The first-order valence-electron chi connectivity index (χ1n) is 4.46. The van der Waals surface area contributed by atoms with Crippen LogP contribution in [0.1, 0.15) is 19.3 Å². The molecule has 0 aromatic carbocycles. The number of carbonyl (C=O) groups is 2. The Hall–Kier alpha value is -0.860. The van der Waals surface area contributed by atoms with Gasteiger partial charge in [0.2, 0.25) is 5.91 Å². The molecule has 0 radical (unpaired) electrons. The summed E-state index contributed by atoms with van der Waals surface area (Å²) in [5, 5.41) is 2.62. The fraction of sp³-hybridized carbons (Fsp3) is 0.778. The second-order valence-electron chi connectivity index (χ2n) is 3.84. The number of hydrogen-bond acceptors (Lipinski definition) is 2. The van der Waals surface area contributed by atoms with Crippen LogP contribution in [-0.2, 0) is 9.59 Å². The van der Waals surface area contributed by atoms with Crippen LogP contribution in [0, 0.1) is 17.8 Å². The molecule has 0 aromatic heterocycles. The zero-order chi connectivity index (χ0) is 8.72. The van der Waals surface area contributed by atoms with Gasteiger partial charge < -0.3 is 5.32 Å². The van der Waals surface area contributed by atoms with Crippen molar-refractivity contribution in [1.29, 1.82) is 0 Å². The van der Waals surface area contributed by atoms with E-state index >= 15 is 0 Å². The Labute approximate surface area is 71.5 Å².